The van der Waals surface area contributed by atoms with Gasteiger partial charge >= 0.3 is 5.97 Å². The molecule has 2 aromatic rings. The van der Waals surface area contributed by atoms with Crippen LogP contribution in [0.5, 0.6) is 0 Å². The lowest BCUT2D eigenvalue weighted by Gasteiger charge is -2.12. The Labute approximate surface area is 169 Å². The molecule has 0 aliphatic carbocycles. The van der Waals surface area contributed by atoms with Crippen molar-refractivity contribution in [2.75, 3.05) is 18.5 Å². The molecule has 148 valence electrons. The van der Waals surface area contributed by atoms with Crippen molar-refractivity contribution < 1.29 is 19.1 Å². The number of carbonyl (C=O) groups excluding carboxylic acids is 3. The average molecular weight is 403 g/mol. The van der Waals surface area contributed by atoms with E-state index in [4.69, 9.17) is 16.3 Å². The third kappa shape index (κ3) is 5.82. The molecule has 0 aromatic heterocycles. The zero-order valence-electron chi connectivity index (χ0n) is 16.3. The van der Waals surface area contributed by atoms with Gasteiger partial charge in [-0.3, -0.25) is 14.4 Å². The number of anilines is 1. The lowest BCUT2D eigenvalue weighted by molar-refractivity contribution is -0.146. The zero-order chi connectivity index (χ0) is 20.8. The van der Waals surface area contributed by atoms with Crippen LogP contribution in [0.2, 0.25) is 5.02 Å². The Morgan fingerprint density at radius 3 is 2.32 bits per heavy atom. The van der Waals surface area contributed by atoms with Crippen LogP contribution in [0, 0.1) is 27.7 Å². The van der Waals surface area contributed by atoms with Crippen LogP contribution in [0.4, 0.5) is 5.69 Å². The molecule has 2 rings (SSSR count). The molecule has 0 bridgehead atoms. The summed E-state index contributed by atoms with van der Waals surface area (Å²) in [5.41, 5.74) is 4.79. The third-order valence-corrected chi connectivity index (χ3v) is 4.52. The van der Waals surface area contributed by atoms with E-state index in [1.54, 1.807) is 18.2 Å². The average Bonchev–Trinajstić information content (AvgIpc) is 2.63. The van der Waals surface area contributed by atoms with E-state index in [9.17, 15) is 14.4 Å². The molecule has 0 radical (unpaired) electrons. The maximum absolute atomic E-state index is 12.1. The van der Waals surface area contributed by atoms with E-state index >= 15 is 0 Å². The maximum atomic E-state index is 12.1. The van der Waals surface area contributed by atoms with Gasteiger partial charge in [0.25, 0.3) is 11.8 Å². The first-order chi connectivity index (χ1) is 13.2. The van der Waals surface area contributed by atoms with E-state index < -0.39 is 18.5 Å². The quantitative estimate of drug-likeness (QED) is 0.724. The van der Waals surface area contributed by atoms with E-state index in [0.29, 0.717) is 16.3 Å². The topological polar surface area (TPSA) is 84.5 Å². The van der Waals surface area contributed by atoms with Crippen LogP contribution in [-0.4, -0.2) is 30.9 Å². The lowest BCUT2D eigenvalue weighted by Crippen LogP contribution is -2.32. The summed E-state index contributed by atoms with van der Waals surface area (Å²) in [6.45, 7) is 6.78. The zero-order valence-corrected chi connectivity index (χ0v) is 17.1. The standard InChI is InChI=1S/C21H23ClN2O4/c1-12-7-15(4)20(17(22)8-12)24-18(25)11-28-19(26)10-23-21(27)16-6-5-13(2)14(3)9-16/h5-9H,10-11H2,1-4H3,(H,23,27)(H,24,25). The van der Waals surface area contributed by atoms with Crippen LogP contribution in [0.3, 0.4) is 0 Å². The Kier molecular flexibility index (Phi) is 7.18. The fraction of sp³-hybridized carbons (Fsp3) is 0.286. The highest BCUT2D eigenvalue weighted by Crippen LogP contribution is 2.27. The first-order valence-electron chi connectivity index (χ1n) is 8.75. The second kappa shape index (κ2) is 9.37. The van der Waals surface area contributed by atoms with Crippen molar-refractivity contribution in [3.05, 3.63) is 63.2 Å². The van der Waals surface area contributed by atoms with Gasteiger partial charge in [0.05, 0.1) is 10.7 Å². The molecule has 0 heterocycles. The number of halogens is 1. The summed E-state index contributed by atoms with van der Waals surface area (Å²) < 4.78 is 4.90. The highest BCUT2D eigenvalue weighted by molar-refractivity contribution is 6.34. The van der Waals surface area contributed by atoms with Gasteiger partial charge < -0.3 is 15.4 Å². The second-order valence-electron chi connectivity index (χ2n) is 6.63. The predicted octanol–water partition coefficient (Wildman–Crippen LogP) is 3.49. The summed E-state index contributed by atoms with van der Waals surface area (Å²) in [7, 11) is 0. The Morgan fingerprint density at radius 1 is 0.964 bits per heavy atom. The monoisotopic (exact) mass is 402 g/mol. The van der Waals surface area contributed by atoms with Crippen molar-refractivity contribution in [2.45, 2.75) is 27.7 Å². The van der Waals surface area contributed by atoms with Gasteiger partial charge in [-0.15, -0.1) is 0 Å². The Balaban J connectivity index is 1.81. The smallest absolute Gasteiger partial charge is 0.325 e. The first-order valence-corrected chi connectivity index (χ1v) is 9.13. The van der Waals surface area contributed by atoms with Gasteiger partial charge in [-0.05, 0) is 68.1 Å². The second-order valence-corrected chi connectivity index (χ2v) is 7.04. The van der Waals surface area contributed by atoms with Crippen LogP contribution < -0.4 is 10.6 Å². The Morgan fingerprint density at radius 2 is 1.68 bits per heavy atom. The minimum Gasteiger partial charge on any atom is -0.454 e. The molecule has 0 saturated carbocycles. The summed E-state index contributed by atoms with van der Waals surface area (Å²) in [4.78, 5) is 35.9. The number of hydrogen-bond donors (Lipinski definition) is 2. The molecule has 0 aliphatic rings. The summed E-state index contributed by atoms with van der Waals surface area (Å²) >= 11 is 6.14. The molecule has 0 spiro atoms. The normalized spacial score (nSPS) is 10.3. The van der Waals surface area contributed by atoms with E-state index in [1.807, 2.05) is 39.8 Å². The number of esters is 1. The van der Waals surface area contributed by atoms with E-state index in [0.717, 1.165) is 22.3 Å². The molecule has 7 heteroatoms. The number of ether oxygens (including phenoxy) is 1. The molecule has 0 fully saturated rings. The van der Waals surface area contributed by atoms with E-state index in [-0.39, 0.29) is 12.5 Å². The van der Waals surface area contributed by atoms with Crippen molar-refractivity contribution >= 4 is 35.1 Å². The van der Waals surface area contributed by atoms with Crippen molar-refractivity contribution in [1.29, 1.82) is 0 Å². The molecule has 6 nitrogen and oxygen atoms in total. The van der Waals surface area contributed by atoms with Gasteiger partial charge in [-0.1, -0.05) is 23.7 Å². The number of carbonyl (C=O) groups is 3. The molecule has 0 aliphatic heterocycles. The van der Waals surface area contributed by atoms with Crippen molar-refractivity contribution in [3.63, 3.8) is 0 Å². The molecule has 2 amide bonds. The number of amides is 2. The summed E-state index contributed by atoms with van der Waals surface area (Å²) in [6.07, 6.45) is 0. The van der Waals surface area contributed by atoms with Crippen molar-refractivity contribution in [1.82, 2.24) is 5.32 Å². The molecular weight excluding hydrogens is 380 g/mol. The van der Waals surface area contributed by atoms with Crippen LogP contribution in [0.1, 0.15) is 32.6 Å². The van der Waals surface area contributed by atoms with Crippen LogP contribution in [0.15, 0.2) is 30.3 Å². The van der Waals surface area contributed by atoms with Crippen LogP contribution >= 0.6 is 11.6 Å². The minimum atomic E-state index is -0.709. The van der Waals surface area contributed by atoms with Crippen molar-refractivity contribution in [3.8, 4) is 0 Å². The Bertz CT molecular complexity index is 902. The van der Waals surface area contributed by atoms with E-state index in [2.05, 4.69) is 10.6 Å². The molecule has 0 unspecified atom stereocenters. The molecular formula is C21H23ClN2O4. The Hall–Kier alpha value is -2.86. The molecule has 0 saturated heterocycles. The van der Waals surface area contributed by atoms with Crippen LogP contribution in [-0.2, 0) is 14.3 Å². The number of nitrogens with one attached hydrogen (secondary N) is 2. The number of benzene rings is 2. The number of aryl methyl sites for hydroxylation is 4. The molecule has 28 heavy (non-hydrogen) atoms. The fourth-order valence-corrected chi connectivity index (χ4v) is 2.95. The fourth-order valence-electron chi connectivity index (χ4n) is 2.58. The van der Waals surface area contributed by atoms with Gasteiger partial charge in [-0.2, -0.15) is 0 Å². The van der Waals surface area contributed by atoms with E-state index in [1.165, 1.54) is 0 Å². The van der Waals surface area contributed by atoms with Gasteiger partial charge in [0, 0.05) is 5.56 Å². The maximum Gasteiger partial charge on any atom is 0.325 e. The SMILES string of the molecule is Cc1cc(C)c(NC(=O)COC(=O)CNC(=O)c2ccc(C)c(C)c2)c(Cl)c1. The predicted molar refractivity (Wildman–Crippen MR) is 109 cm³/mol. The highest BCUT2D eigenvalue weighted by atomic mass is 35.5. The molecule has 2 aromatic carbocycles. The lowest BCUT2D eigenvalue weighted by atomic mass is 10.1. The van der Waals surface area contributed by atoms with Gasteiger partial charge in [0.15, 0.2) is 6.61 Å². The highest BCUT2D eigenvalue weighted by Gasteiger charge is 2.13. The van der Waals surface area contributed by atoms with Crippen LogP contribution in [0.25, 0.3) is 0 Å². The largest absolute Gasteiger partial charge is 0.454 e. The molecule has 2 N–H and O–H groups in total. The summed E-state index contributed by atoms with van der Waals surface area (Å²) in [5, 5.41) is 5.52. The van der Waals surface area contributed by atoms with Gasteiger partial charge in [0.2, 0.25) is 0 Å². The van der Waals surface area contributed by atoms with Crippen molar-refractivity contribution in [2.24, 2.45) is 0 Å². The first kappa shape index (κ1) is 21.4. The number of rotatable bonds is 6. The van der Waals surface area contributed by atoms with Gasteiger partial charge in [-0.25, -0.2) is 0 Å². The molecule has 0 atom stereocenters. The number of hydrogen-bond acceptors (Lipinski definition) is 4. The minimum absolute atomic E-state index is 0.330. The summed E-state index contributed by atoms with van der Waals surface area (Å²) in [6, 6.07) is 8.89. The van der Waals surface area contributed by atoms with Gasteiger partial charge in [0.1, 0.15) is 6.54 Å². The third-order valence-electron chi connectivity index (χ3n) is 4.22. The summed E-state index contributed by atoms with van der Waals surface area (Å²) in [5.74, 6) is -1.60.